The predicted molar refractivity (Wildman–Crippen MR) is 84.2 cm³/mol. The second-order valence-electron chi connectivity index (χ2n) is 4.83. The first-order valence-electron chi connectivity index (χ1n) is 6.73. The lowest BCUT2D eigenvalue weighted by molar-refractivity contribution is -0.137. The number of aromatic amines is 1. The fraction of sp³-hybridized carbons (Fsp3) is 0.0667. The van der Waals surface area contributed by atoms with Crippen molar-refractivity contribution in [3.63, 3.8) is 0 Å². The van der Waals surface area contributed by atoms with E-state index < -0.39 is 17.4 Å². The van der Waals surface area contributed by atoms with Gasteiger partial charge in [0.2, 0.25) is 5.16 Å². The van der Waals surface area contributed by atoms with Crippen molar-refractivity contribution in [2.24, 2.45) is 0 Å². The number of nitrogens with zero attached hydrogens (tertiary/aromatic N) is 2. The molecule has 0 aliphatic rings. The molecule has 0 aliphatic heterocycles. The van der Waals surface area contributed by atoms with Gasteiger partial charge >= 0.3 is 11.9 Å². The van der Waals surface area contributed by atoms with E-state index in [1.54, 1.807) is 30.3 Å². The summed E-state index contributed by atoms with van der Waals surface area (Å²) in [5, 5.41) is 6.51. The Morgan fingerprint density at radius 3 is 2.46 bits per heavy atom. The Morgan fingerprint density at radius 1 is 1.12 bits per heavy atom. The smallest absolute Gasteiger partial charge is 0.398 e. The number of rotatable bonds is 3. The van der Waals surface area contributed by atoms with Crippen molar-refractivity contribution in [2.45, 2.75) is 16.2 Å². The zero-order valence-corrected chi connectivity index (χ0v) is 12.9. The maximum Gasteiger partial charge on any atom is 0.416 e. The standard InChI is InChI=1S/C15H11F3N4OS/c16-15(17,18)9-6-7-12(11(19)8-9)24-14-21-20-13(23)22(14)10-4-2-1-3-5-10/h1-8H,19H2,(H,20,23). The molecule has 0 amide bonds. The van der Waals surface area contributed by atoms with Crippen LogP contribution in [-0.4, -0.2) is 14.8 Å². The van der Waals surface area contributed by atoms with Crippen molar-refractivity contribution in [3.8, 4) is 5.69 Å². The molecule has 1 aromatic heterocycles. The number of anilines is 1. The number of benzene rings is 2. The van der Waals surface area contributed by atoms with Crippen LogP contribution in [0, 0.1) is 0 Å². The van der Waals surface area contributed by atoms with Gasteiger partial charge in [-0.1, -0.05) is 18.2 Å². The van der Waals surface area contributed by atoms with E-state index in [9.17, 15) is 18.0 Å². The van der Waals surface area contributed by atoms with E-state index in [2.05, 4.69) is 10.2 Å². The molecule has 0 bridgehead atoms. The summed E-state index contributed by atoms with van der Waals surface area (Å²) in [6.45, 7) is 0. The minimum Gasteiger partial charge on any atom is -0.398 e. The van der Waals surface area contributed by atoms with Crippen LogP contribution in [-0.2, 0) is 6.18 Å². The number of hydrogen-bond acceptors (Lipinski definition) is 4. The number of aromatic nitrogens is 3. The molecule has 0 spiro atoms. The van der Waals surface area contributed by atoms with Gasteiger partial charge in [0.05, 0.1) is 11.3 Å². The molecule has 124 valence electrons. The van der Waals surface area contributed by atoms with Crippen LogP contribution in [0.1, 0.15) is 5.56 Å². The summed E-state index contributed by atoms with van der Waals surface area (Å²) >= 11 is 1.00. The molecule has 0 saturated carbocycles. The van der Waals surface area contributed by atoms with Crippen LogP contribution in [0.3, 0.4) is 0 Å². The molecule has 9 heteroatoms. The van der Waals surface area contributed by atoms with Crippen molar-refractivity contribution < 1.29 is 13.2 Å². The highest BCUT2D eigenvalue weighted by Gasteiger charge is 2.31. The lowest BCUT2D eigenvalue weighted by Gasteiger charge is -2.10. The van der Waals surface area contributed by atoms with Crippen LogP contribution in [0.15, 0.2) is 63.4 Å². The van der Waals surface area contributed by atoms with Crippen LogP contribution in [0.5, 0.6) is 0 Å². The second kappa shape index (κ2) is 6.08. The third-order valence-electron chi connectivity index (χ3n) is 3.19. The molecular weight excluding hydrogens is 341 g/mol. The van der Waals surface area contributed by atoms with Gasteiger partial charge in [-0.25, -0.2) is 14.5 Å². The van der Waals surface area contributed by atoms with Gasteiger partial charge in [-0.05, 0) is 42.1 Å². The first kappa shape index (κ1) is 16.2. The van der Waals surface area contributed by atoms with Gasteiger partial charge in [0.15, 0.2) is 0 Å². The lowest BCUT2D eigenvalue weighted by Crippen LogP contribution is -2.15. The van der Waals surface area contributed by atoms with Gasteiger partial charge in [0.1, 0.15) is 0 Å². The number of alkyl halides is 3. The molecule has 3 aromatic rings. The van der Waals surface area contributed by atoms with E-state index in [4.69, 9.17) is 5.73 Å². The summed E-state index contributed by atoms with van der Waals surface area (Å²) in [6, 6.07) is 11.8. The largest absolute Gasteiger partial charge is 0.416 e. The van der Waals surface area contributed by atoms with Crippen LogP contribution in [0.25, 0.3) is 5.69 Å². The fourth-order valence-corrected chi connectivity index (χ4v) is 2.95. The summed E-state index contributed by atoms with van der Waals surface area (Å²) in [7, 11) is 0. The monoisotopic (exact) mass is 352 g/mol. The van der Waals surface area contributed by atoms with Gasteiger partial charge < -0.3 is 5.73 Å². The molecule has 0 atom stereocenters. The first-order valence-corrected chi connectivity index (χ1v) is 7.55. The topological polar surface area (TPSA) is 76.7 Å². The van der Waals surface area contributed by atoms with E-state index in [0.717, 1.165) is 23.9 Å². The van der Waals surface area contributed by atoms with E-state index in [0.29, 0.717) is 10.6 Å². The molecule has 2 aromatic carbocycles. The number of nitrogens with two attached hydrogens (primary N) is 1. The van der Waals surface area contributed by atoms with Gasteiger partial charge in [0.25, 0.3) is 0 Å². The zero-order chi connectivity index (χ0) is 17.3. The number of nitrogen functional groups attached to an aromatic ring is 1. The van der Waals surface area contributed by atoms with Crippen molar-refractivity contribution >= 4 is 17.4 Å². The number of hydrogen-bond donors (Lipinski definition) is 2. The van der Waals surface area contributed by atoms with Gasteiger partial charge in [-0.3, -0.25) is 0 Å². The maximum atomic E-state index is 12.7. The second-order valence-corrected chi connectivity index (χ2v) is 5.84. The quantitative estimate of drug-likeness (QED) is 0.709. The van der Waals surface area contributed by atoms with Gasteiger partial charge in [-0.2, -0.15) is 13.2 Å². The normalized spacial score (nSPS) is 11.6. The molecule has 24 heavy (non-hydrogen) atoms. The van der Waals surface area contributed by atoms with Crippen LogP contribution in [0.4, 0.5) is 18.9 Å². The van der Waals surface area contributed by atoms with Gasteiger partial charge in [0, 0.05) is 10.6 Å². The molecule has 3 N–H and O–H groups in total. The molecule has 0 unspecified atom stereocenters. The number of nitrogens with one attached hydrogen (secondary N) is 1. The van der Waals surface area contributed by atoms with Crippen LogP contribution >= 0.6 is 11.8 Å². The Labute approximate surface area is 138 Å². The molecule has 1 heterocycles. The molecule has 0 aliphatic carbocycles. The third kappa shape index (κ3) is 3.16. The Morgan fingerprint density at radius 2 is 1.83 bits per heavy atom. The molecular formula is C15H11F3N4OS. The summed E-state index contributed by atoms with van der Waals surface area (Å²) in [5.41, 5.74) is 4.99. The van der Waals surface area contributed by atoms with Crippen LogP contribution < -0.4 is 11.4 Å². The third-order valence-corrected chi connectivity index (χ3v) is 4.24. The van der Waals surface area contributed by atoms with E-state index >= 15 is 0 Å². The number of para-hydroxylation sites is 1. The van der Waals surface area contributed by atoms with Crippen molar-refractivity contribution in [2.75, 3.05) is 5.73 Å². The minimum atomic E-state index is -4.46. The van der Waals surface area contributed by atoms with E-state index in [1.807, 2.05) is 0 Å². The molecule has 0 fully saturated rings. The van der Waals surface area contributed by atoms with Crippen molar-refractivity contribution in [3.05, 3.63) is 64.6 Å². The lowest BCUT2D eigenvalue weighted by atomic mass is 10.2. The van der Waals surface area contributed by atoms with Crippen molar-refractivity contribution in [1.82, 2.24) is 14.8 Å². The summed E-state index contributed by atoms with van der Waals surface area (Å²) < 4.78 is 39.4. The zero-order valence-electron chi connectivity index (χ0n) is 12.0. The fourth-order valence-electron chi connectivity index (χ4n) is 2.07. The Hall–Kier alpha value is -2.68. The summed E-state index contributed by atoms with van der Waals surface area (Å²) in [6.07, 6.45) is -4.46. The SMILES string of the molecule is Nc1cc(C(F)(F)F)ccc1Sc1n[nH]c(=O)n1-c1ccccc1. The van der Waals surface area contributed by atoms with Gasteiger partial charge in [-0.15, -0.1) is 5.10 Å². The Kier molecular flexibility index (Phi) is 4.10. The highest BCUT2D eigenvalue weighted by atomic mass is 32.2. The first-order chi connectivity index (χ1) is 11.4. The maximum absolute atomic E-state index is 12.7. The molecule has 3 rings (SSSR count). The Balaban J connectivity index is 1.98. The molecule has 0 radical (unpaired) electrons. The number of halogens is 3. The highest BCUT2D eigenvalue weighted by molar-refractivity contribution is 7.99. The average Bonchev–Trinajstić information content (AvgIpc) is 2.90. The Bertz CT molecular complexity index is 918. The predicted octanol–water partition coefficient (Wildman–Crippen LogP) is 3.31. The van der Waals surface area contributed by atoms with Crippen molar-refractivity contribution in [1.29, 1.82) is 0 Å². The molecule has 5 nitrogen and oxygen atoms in total. The van der Waals surface area contributed by atoms with E-state index in [-0.39, 0.29) is 10.8 Å². The van der Waals surface area contributed by atoms with E-state index in [1.165, 1.54) is 10.6 Å². The number of H-pyrrole nitrogens is 1. The highest BCUT2D eigenvalue weighted by Crippen LogP contribution is 2.36. The summed E-state index contributed by atoms with van der Waals surface area (Å²) in [5.74, 6) is 0. The summed E-state index contributed by atoms with van der Waals surface area (Å²) in [4.78, 5) is 12.3. The minimum absolute atomic E-state index is 0.0371. The van der Waals surface area contributed by atoms with Crippen LogP contribution in [0.2, 0.25) is 0 Å². The molecule has 0 saturated heterocycles. The average molecular weight is 352 g/mol.